The van der Waals surface area contributed by atoms with Crippen LogP contribution >= 0.6 is 0 Å². The molecule has 0 amide bonds. The number of para-hydroxylation sites is 1. The van der Waals surface area contributed by atoms with Gasteiger partial charge in [-0.25, -0.2) is 9.18 Å². The molecule has 2 aromatic rings. The topological polar surface area (TPSA) is 87.9 Å². The predicted molar refractivity (Wildman–Crippen MR) is 77.2 cm³/mol. The molecule has 0 saturated heterocycles. The summed E-state index contributed by atoms with van der Waals surface area (Å²) < 4.78 is 28.1. The van der Waals surface area contributed by atoms with E-state index in [-0.39, 0.29) is 17.2 Å². The van der Waals surface area contributed by atoms with Gasteiger partial charge in [0.15, 0.2) is 18.2 Å². The third-order valence-corrected chi connectivity index (χ3v) is 2.77. The van der Waals surface area contributed by atoms with Crippen LogP contribution in [-0.4, -0.2) is 24.6 Å². The van der Waals surface area contributed by atoms with Crippen molar-refractivity contribution in [2.75, 3.05) is 13.7 Å². The maximum atomic E-state index is 13.3. The summed E-state index contributed by atoms with van der Waals surface area (Å²) in [6, 6.07) is 9.30. The maximum absolute atomic E-state index is 13.3. The molecule has 7 nitrogen and oxygen atoms in total. The summed E-state index contributed by atoms with van der Waals surface area (Å²) >= 11 is 0. The number of nitro groups is 1. The SMILES string of the molecule is COc1ccc(OC(=O)COc2ccccc2F)c([N+](=O)[O-])c1. The normalized spacial score (nSPS) is 10.0. The summed E-state index contributed by atoms with van der Waals surface area (Å²) in [5.41, 5.74) is -0.427. The second kappa shape index (κ2) is 7.21. The molecular weight excluding hydrogens is 309 g/mol. The first kappa shape index (κ1) is 16.2. The van der Waals surface area contributed by atoms with Gasteiger partial charge in [-0.2, -0.15) is 0 Å². The van der Waals surface area contributed by atoms with Gasteiger partial charge >= 0.3 is 11.7 Å². The molecule has 0 aromatic heterocycles. The number of halogens is 1. The fourth-order valence-corrected chi connectivity index (χ4v) is 1.70. The molecule has 0 unspecified atom stereocenters. The first-order valence-electron chi connectivity index (χ1n) is 6.41. The molecule has 0 aliphatic rings. The van der Waals surface area contributed by atoms with Crippen LogP contribution in [0.2, 0.25) is 0 Å². The van der Waals surface area contributed by atoms with Crippen molar-refractivity contribution in [3.63, 3.8) is 0 Å². The Morgan fingerprint density at radius 3 is 2.61 bits per heavy atom. The molecule has 8 heteroatoms. The Labute approximate surface area is 130 Å². The second-order valence-electron chi connectivity index (χ2n) is 4.28. The molecule has 0 N–H and O–H groups in total. The van der Waals surface area contributed by atoms with Crippen molar-refractivity contribution < 1.29 is 28.3 Å². The molecule has 0 spiro atoms. The number of hydrogen-bond acceptors (Lipinski definition) is 6. The van der Waals surface area contributed by atoms with E-state index in [1.165, 1.54) is 43.5 Å². The van der Waals surface area contributed by atoms with Crippen LogP contribution in [0, 0.1) is 15.9 Å². The summed E-state index contributed by atoms with van der Waals surface area (Å²) in [7, 11) is 1.35. The van der Waals surface area contributed by atoms with Gasteiger partial charge in [0, 0.05) is 0 Å². The number of carbonyl (C=O) groups excluding carboxylic acids is 1. The number of esters is 1. The summed E-state index contributed by atoms with van der Waals surface area (Å²) in [5.74, 6) is -1.65. The van der Waals surface area contributed by atoms with Crippen LogP contribution in [0.1, 0.15) is 0 Å². The molecule has 0 radical (unpaired) electrons. The van der Waals surface area contributed by atoms with Gasteiger partial charge in [-0.15, -0.1) is 0 Å². The van der Waals surface area contributed by atoms with Crippen LogP contribution in [0.5, 0.6) is 17.2 Å². The standard InChI is InChI=1S/C15H12FNO6/c1-21-10-6-7-14(12(8-10)17(19)20)23-15(18)9-22-13-5-3-2-4-11(13)16/h2-8H,9H2,1H3. The molecule has 120 valence electrons. The number of nitrogens with zero attached hydrogens (tertiary/aromatic N) is 1. The highest BCUT2D eigenvalue weighted by atomic mass is 19.1. The molecule has 2 rings (SSSR count). The lowest BCUT2D eigenvalue weighted by molar-refractivity contribution is -0.385. The third-order valence-electron chi connectivity index (χ3n) is 2.77. The first-order valence-corrected chi connectivity index (χ1v) is 6.41. The highest BCUT2D eigenvalue weighted by molar-refractivity contribution is 5.75. The molecule has 0 atom stereocenters. The van der Waals surface area contributed by atoms with Crippen LogP contribution in [0.3, 0.4) is 0 Å². The summed E-state index contributed by atoms with van der Waals surface area (Å²) in [6.07, 6.45) is 0. The van der Waals surface area contributed by atoms with Crippen molar-refractivity contribution >= 4 is 11.7 Å². The van der Waals surface area contributed by atoms with Crippen molar-refractivity contribution in [1.82, 2.24) is 0 Å². The minimum absolute atomic E-state index is 0.117. The van der Waals surface area contributed by atoms with Gasteiger partial charge in [0.25, 0.3) is 0 Å². The van der Waals surface area contributed by atoms with Gasteiger partial charge in [-0.3, -0.25) is 10.1 Å². The van der Waals surface area contributed by atoms with Crippen molar-refractivity contribution in [3.05, 3.63) is 58.4 Å². The van der Waals surface area contributed by atoms with E-state index in [2.05, 4.69) is 0 Å². The smallest absolute Gasteiger partial charge is 0.349 e. The lowest BCUT2D eigenvalue weighted by Crippen LogP contribution is -2.18. The fraction of sp³-hybridized carbons (Fsp3) is 0.133. The van der Waals surface area contributed by atoms with E-state index >= 15 is 0 Å². The Morgan fingerprint density at radius 1 is 1.22 bits per heavy atom. The third kappa shape index (κ3) is 4.16. The Bertz CT molecular complexity index is 734. The van der Waals surface area contributed by atoms with Crippen LogP contribution in [0.25, 0.3) is 0 Å². The number of ether oxygens (including phenoxy) is 3. The highest BCUT2D eigenvalue weighted by Crippen LogP contribution is 2.31. The molecule has 0 saturated carbocycles. The Balaban J connectivity index is 2.05. The van der Waals surface area contributed by atoms with Crippen molar-refractivity contribution in [2.45, 2.75) is 0 Å². The molecule has 0 fully saturated rings. The van der Waals surface area contributed by atoms with Gasteiger partial charge in [-0.05, 0) is 24.3 Å². The van der Waals surface area contributed by atoms with Crippen molar-refractivity contribution in [1.29, 1.82) is 0 Å². The quantitative estimate of drug-likeness (QED) is 0.352. The van der Waals surface area contributed by atoms with E-state index in [1.54, 1.807) is 0 Å². The average Bonchev–Trinajstić information content (AvgIpc) is 2.54. The number of benzene rings is 2. The largest absolute Gasteiger partial charge is 0.496 e. The van der Waals surface area contributed by atoms with Crippen LogP contribution < -0.4 is 14.2 Å². The lowest BCUT2D eigenvalue weighted by Gasteiger charge is -2.08. The van der Waals surface area contributed by atoms with E-state index in [1.807, 2.05) is 0 Å². The van der Waals surface area contributed by atoms with Gasteiger partial charge in [-0.1, -0.05) is 12.1 Å². The van der Waals surface area contributed by atoms with E-state index in [0.29, 0.717) is 0 Å². The van der Waals surface area contributed by atoms with Crippen LogP contribution in [-0.2, 0) is 4.79 Å². The second-order valence-corrected chi connectivity index (χ2v) is 4.28. The van der Waals surface area contributed by atoms with E-state index in [0.717, 1.165) is 6.07 Å². The maximum Gasteiger partial charge on any atom is 0.349 e. The Kier molecular flexibility index (Phi) is 5.08. The zero-order chi connectivity index (χ0) is 16.8. The van der Waals surface area contributed by atoms with Gasteiger partial charge < -0.3 is 14.2 Å². The van der Waals surface area contributed by atoms with Crippen LogP contribution in [0.15, 0.2) is 42.5 Å². The molecule has 0 aliphatic heterocycles. The number of hydrogen-bond donors (Lipinski definition) is 0. The predicted octanol–water partition coefficient (Wildman–Crippen LogP) is 2.73. The summed E-state index contributed by atoms with van der Waals surface area (Å²) in [4.78, 5) is 22.0. The minimum Gasteiger partial charge on any atom is -0.496 e. The fourth-order valence-electron chi connectivity index (χ4n) is 1.70. The zero-order valence-electron chi connectivity index (χ0n) is 12.0. The molecule has 0 aliphatic carbocycles. The van der Waals surface area contributed by atoms with Gasteiger partial charge in [0.05, 0.1) is 18.1 Å². The number of methoxy groups -OCH3 is 1. The Morgan fingerprint density at radius 2 is 1.96 bits per heavy atom. The van der Waals surface area contributed by atoms with Gasteiger partial charge in [0.2, 0.25) is 5.75 Å². The Hall–Kier alpha value is -3.16. The number of nitro benzene ring substituents is 1. The lowest BCUT2D eigenvalue weighted by atomic mass is 10.3. The molecule has 2 aromatic carbocycles. The zero-order valence-corrected chi connectivity index (χ0v) is 12.0. The summed E-state index contributed by atoms with van der Waals surface area (Å²) in [5, 5.41) is 11.0. The first-order chi connectivity index (χ1) is 11.0. The minimum atomic E-state index is -0.901. The monoisotopic (exact) mass is 321 g/mol. The van der Waals surface area contributed by atoms with E-state index in [4.69, 9.17) is 14.2 Å². The van der Waals surface area contributed by atoms with Gasteiger partial charge in [0.1, 0.15) is 5.75 Å². The van der Waals surface area contributed by atoms with Crippen LogP contribution in [0.4, 0.5) is 10.1 Å². The van der Waals surface area contributed by atoms with Crippen molar-refractivity contribution in [3.8, 4) is 17.2 Å². The number of carbonyl (C=O) groups is 1. The highest BCUT2D eigenvalue weighted by Gasteiger charge is 2.19. The average molecular weight is 321 g/mol. The van der Waals surface area contributed by atoms with E-state index < -0.39 is 29.0 Å². The number of rotatable bonds is 6. The van der Waals surface area contributed by atoms with E-state index in [9.17, 15) is 19.3 Å². The molecule has 0 bridgehead atoms. The molecular formula is C15H12FNO6. The molecule has 0 heterocycles. The summed E-state index contributed by atoms with van der Waals surface area (Å²) in [6.45, 7) is -0.593. The molecule has 23 heavy (non-hydrogen) atoms. The van der Waals surface area contributed by atoms with Crippen molar-refractivity contribution in [2.24, 2.45) is 0 Å².